The molecule has 0 atom stereocenters. The molecule has 1 aromatic carbocycles. The maximum Gasteiger partial charge on any atom is 0.214 e. The van der Waals surface area contributed by atoms with Crippen LogP contribution in [0.2, 0.25) is 0 Å². The van der Waals surface area contributed by atoms with Crippen LogP contribution in [0, 0.1) is 0 Å². The van der Waals surface area contributed by atoms with Crippen LogP contribution in [0.25, 0.3) is 10.9 Å². The Morgan fingerprint density at radius 3 is 2.83 bits per heavy atom. The fraction of sp³-hybridized carbons (Fsp3) is 0.400. The van der Waals surface area contributed by atoms with Gasteiger partial charge in [0.1, 0.15) is 0 Å². The number of nitrogens with zero attached hydrogens (tertiary/aromatic N) is 1. The molecule has 0 fully saturated rings. The molecule has 18 heavy (non-hydrogen) atoms. The van der Waals surface area contributed by atoms with Gasteiger partial charge in [0.15, 0.2) is 0 Å². The van der Waals surface area contributed by atoms with Gasteiger partial charge in [0.25, 0.3) is 0 Å². The second-order valence-corrected chi connectivity index (χ2v) is 4.27. The number of ether oxygens (including phenoxy) is 1. The first kappa shape index (κ1) is 12.8. The second kappa shape index (κ2) is 6.36. The van der Waals surface area contributed by atoms with Crippen LogP contribution in [0.5, 0.6) is 5.88 Å². The van der Waals surface area contributed by atoms with Crippen LogP contribution in [-0.2, 0) is 6.54 Å². The van der Waals surface area contributed by atoms with Crippen molar-refractivity contribution in [3.63, 3.8) is 0 Å². The third kappa shape index (κ3) is 2.99. The first-order valence-corrected chi connectivity index (χ1v) is 6.57. The van der Waals surface area contributed by atoms with Gasteiger partial charge in [0.05, 0.1) is 12.1 Å². The van der Waals surface area contributed by atoms with E-state index in [1.807, 2.05) is 24.3 Å². The summed E-state index contributed by atoms with van der Waals surface area (Å²) in [6.45, 7) is 6.73. The van der Waals surface area contributed by atoms with Crippen LogP contribution in [0.15, 0.2) is 30.3 Å². The smallest absolute Gasteiger partial charge is 0.214 e. The van der Waals surface area contributed by atoms with Crippen LogP contribution in [0.3, 0.4) is 0 Å². The Kier molecular flexibility index (Phi) is 4.53. The molecule has 0 saturated carbocycles. The van der Waals surface area contributed by atoms with E-state index in [0.717, 1.165) is 30.9 Å². The van der Waals surface area contributed by atoms with Gasteiger partial charge in [0.2, 0.25) is 5.88 Å². The van der Waals surface area contributed by atoms with Crippen LogP contribution in [0.1, 0.15) is 25.8 Å². The van der Waals surface area contributed by atoms with Crippen molar-refractivity contribution in [3.05, 3.63) is 35.9 Å². The van der Waals surface area contributed by atoms with Crippen molar-refractivity contribution in [1.82, 2.24) is 10.3 Å². The number of fused-ring (bicyclic) bond motifs is 1. The van der Waals surface area contributed by atoms with Gasteiger partial charge in [-0.15, -0.1) is 0 Å². The number of aromatic nitrogens is 1. The van der Waals surface area contributed by atoms with Crippen molar-refractivity contribution in [2.45, 2.75) is 26.8 Å². The molecule has 1 N–H and O–H groups in total. The maximum atomic E-state index is 5.65. The predicted octanol–water partition coefficient (Wildman–Crippen LogP) is 3.13. The van der Waals surface area contributed by atoms with E-state index in [2.05, 4.69) is 30.2 Å². The molecule has 1 aromatic heterocycles. The van der Waals surface area contributed by atoms with E-state index in [0.29, 0.717) is 6.61 Å². The summed E-state index contributed by atoms with van der Waals surface area (Å²) >= 11 is 0. The van der Waals surface area contributed by atoms with Gasteiger partial charge in [-0.05, 0) is 24.6 Å². The molecule has 2 aromatic rings. The molecule has 96 valence electrons. The number of benzene rings is 1. The van der Waals surface area contributed by atoms with Crippen LogP contribution in [0.4, 0.5) is 0 Å². The van der Waals surface area contributed by atoms with E-state index in [-0.39, 0.29) is 0 Å². The number of nitrogens with one attached hydrogen (secondary N) is 1. The van der Waals surface area contributed by atoms with Crippen molar-refractivity contribution < 1.29 is 4.74 Å². The first-order valence-electron chi connectivity index (χ1n) is 6.57. The molecular formula is C15H20N2O. The molecule has 0 aliphatic heterocycles. The molecule has 1 heterocycles. The highest BCUT2D eigenvalue weighted by Crippen LogP contribution is 2.22. The third-order valence-electron chi connectivity index (χ3n) is 2.80. The topological polar surface area (TPSA) is 34.1 Å². The number of hydrogen-bond acceptors (Lipinski definition) is 3. The maximum absolute atomic E-state index is 5.65. The van der Waals surface area contributed by atoms with Gasteiger partial charge in [-0.25, -0.2) is 4.98 Å². The van der Waals surface area contributed by atoms with Gasteiger partial charge < -0.3 is 10.1 Å². The average Bonchev–Trinajstić information content (AvgIpc) is 2.42. The number of rotatable bonds is 6. The van der Waals surface area contributed by atoms with Crippen LogP contribution < -0.4 is 10.1 Å². The number of hydrogen-bond donors (Lipinski definition) is 1. The second-order valence-electron chi connectivity index (χ2n) is 4.27. The Morgan fingerprint density at radius 2 is 2.06 bits per heavy atom. The molecule has 0 amide bonds. The molecular weight excluding hydrogens is 224 g/mol. The fourth-order valence-electron chi connectivity index (χ4n) is 1.91. The summed E-state index contributed by atoms with van der Waals surface area (Å²) < 4.78 is 5.65. The fourth-order valence-corrected chi connectivity index (χ4v) is 1.91. The highest BCUT2D eigenvalue weighted by molar-refractivity contribution is 5.82. The Bertz CT molecular complexity index is 511. The van der Waals surface area contributed by atoms with E-state index >= 15 is 0 Å². The molecule has 0 spiro atoms. The molecule has 0 radical (unpaired) electrons. The van der Waals surface area contributed by atoms with Gasteiger partial charge in [-0.2, -0.15) is 0 Å². The largest absolute Gasteiger partial charge is 0.478 e. The molecule has 0 unspecified atom stereocenters. The van der Waals surface area contributed by atoms with Crippen molar-refractivity contribution >= 4 is 10.9 Å². The van der Waals surface area contributed by atoms with Gasteiger partial charge >= 0.3 is 0 Å². The molecule has 0 saturated heterocycles. The van der Waals surface area contributed by atoms with E-state index in [1.165, 1.54) is 10.9 Å². The zero-order valence-electron chi connectivity index (χ0n) is 11.1. The molecule has 0 aliphatic rings. The number of pyridine rings is 1. The summed E-state index contributed by atoms with van der Waals surface area (Å²) in [5.74, 6) is 0.725. The lowest BCUT2D eigenvalue weighted by Crippen LogP contribution is -2.12. The minimum absolute atomic E-state index is 0.714. The minimum atomic E-state index is 0.714. The zero-order valence-corrected chi connectivity index (χ0v) is 11.1. The first-order chi connectivity index (χ1) is 8.85. The van der Waals surface area contributed by atoms with Crippen LogP contribution >= 0.6 is 0 Å². The molecule has 3 heteroatoms. The van der Waals surface area contributed by atoms with Crippen molar-refractivity contribution in [2.24, 2.45) is 0 Å². The lowest BCUT2D eigenvalue weighted by Gasteiger charge is -2.10. The normalized spacial score (nSPS) is 10.8. The molecule has 0 bridgehead atoms. The Hall–Kier alpha value is -1.61. The third-order valence-corrected chi connectivity index (χ3v) is 2.80. The number of para-hydroxylation sites is 1. The Balaban J connectivity index is 2.36. The lowest BCUT2D eigenvalue weighted by atomic mass is 10.1. The van der Waals surface area contributed by atoms with E-state index in [1.54, 1.807) is 0 Å². The summed E-state index contributed by atoms with van der Waals surface area (Å²) in [5.41, 5.74) is 2.24. The summed E-state index contributed by atoms with van der Waals surface area (Å²) in [4.78, 5) is 4.53. The van der Waals surface area contributed by atoms with Gasteiger partial charge in [0, 0.05) is 18.0 Å². The predicted molar refractivity (Wildman–Crippen MR) is 74.9 cm³/mol. The molecule has 0 aliphatic carbocycles. The standard InChI is InChI=1S/C15H20N2O/c1-3-9-18-15-10-12(11-16-4-2)13-7-5-6-8-14(13)17-15/h5-8,10,16H,3-4,9,11H2,1-2H3. The quantitative estimate of drug-likeness (QED) is 0.847. The van der Waals surface area contributed by atoms with E-state index in [9.17, 15) is 0 Å². The van der Waals surface area contributed by atoms with Crippen molar-refractivity contribution in [3.8, 4) is 5.88 Å². The van der Waals surface area contributed by atoms with E-state index < -0.39 is 0 Å². The average molecular weight is 244 g/mol. The highest BCUT2D eigenvalue weighted by atomic mass is 16.5. The Morgan fingerprint density at radius 1 is 1.22 bits per heavy atom. The van der Waals surface area contributed by atoms with Crippen LogP contribution in [-0.4, -0.2) is 18.1 Å². The summed E-state index contributed by atoms with van der Waals surface area (Å²) in [6.07, 6.45) is 0.997. The molecule has 2 rings (SSSR count). The van der Waals surface area contributed by atoms with Gasteiger partial charge in [-0.1, -0.05) is 32.0 Å². The summed E-state index contributed by atoms with van der Waals surface area (Å²) in [7, 11) is 0. The van der Waals surface area contributed by atoms with Crippen molar-refractivity contribution in [2.75, 3.05) is 13.2 Å². The minimum Gasteiger partial charge on any atom is -0.478 e. The monoisotopic (exact) mass is 244 g/mol. The molecule has 3 nitrogen and oxygen atoms in total. The lowest BCUT2D eigenvalue weighted by molar-refractivity contribution is 0.306. The summed E-state index contributed by atoms with van der Waals surface area (Å²) in [6, 6.07) is 10.2. The highest BCUT2D eigenvalue weighted by Gasteiger charge is 2.05. The summed E-state index contributed by atoms with van der Waals surface area (Å²) in [5, 5.41) is 4.55. The zero-order chi connectivity index (χ0) is 12.8. The SMILES string of the molecule is CCCOc1cc(CNCC)c2ccccc2n1. The van der Waals surface area contributed by atoms with E-state index in [4.69, 9.17) is 4.74 Å². The van der Waals surface area contributed by atoms with Gasteiger partial charge in [-0.3, -0.25) is 0 Å². The Labute approximate surface area is 108 Å². The van der Waals surface area contributed by atoms with Crippen molar-refractivity contribution in [1.29, 1.82) is 0 Å².